The second-order valence-electron chi connectivity index (χ2n) is 5.66. The van der Waals surface area contributed by atoms with E-state index in [9.17, 15) is 14.7 Å². The molecule has 0 aliphatic rings. The second kappa shape index (κ2) is 7.16. The van der Waals surface area contributed by atoms with Gasteiger partial charge in [0.15, 0.2) is 0 Å². The van der Waals surface area contributed by atoms with E-state index in [0.717, 1.165) is 11.1 Å². The molecular weight excluding hydrogens is 340 g/mol. The summed E-state index contributed by atoms with van der Waals surface area (Å²) in [5.74, 6) is -0.644. The highest BCUT2D eigenvalue weighted by molar-refractivity contribution is 7.17. The van der Waals surface area contributed by atoms with Gasteiger partial charge in [-0.15, -0.1) is 11.3 Å². The molecule has 1 unspecified atom stereocenters. The van der Waals surface area contributed by atoms with Crippen LogP contribution in [-0.2, 0) is 16.0 Å². The van der Waals surface area contributed by atoms with Crippen molar-refractivity contribution in [2.24, 2.45) is 0 Å². The van der Waals surface area contributed by atoms with Crippen molar-refractivity contribution in [3.8, 4) is 11.1 Å². The summed E-state index contributed by atoms with van der Waals surface area (Å²) in [4.78, 5) is 29.8. The van der Waals surface area contributed by atoms with Gasteiger partial charge in [0, 0.05) is 24.5 Å². The van der Waals surface area contributed by atoms with Gasteiger partial charge in [0.2, 0.25) is 0 Å². The number of hydrogen-bond acceptors (Lipinski definition) is 5. The summed E-state index contributed by atoms with van der Waals surface area (Å²) >= 11 is 1.39. The second-order valence-corrected chi connectivity index (χ2v) is 6.51. The first-order valence-electron chi connectivity index (χ1n) is 7.84. The van der Waals surface area contributed by atoms with E-state index in [1.54, 1.807) is 7.11 Å². The maximum atomic E-state index is 13.1. The Labute approximate surface area is 148 Å². The van der Waals surface area contributed by atoms with E-state index in [1.165, 1.54) is 22.8 Å². The van der Waals surface area contributed by atoms with Crippen LogP contribution in [0.15, 0.2) is 40.5 Å². The average Bonchev–Trinajstić information content (AvgIpc) is 3.04. The largest absolute Gasteiger partial charge is 0.480 e. The first kappa shape index (κ1) is 17.3. The predicted molar refractivity (Wildman–Crippen MR) is 97.2 cm³/mol. The van der Waals surface area contributed by atoms with Gasteiger partial charge in [0.05, 0.1) is 12.0 Å². The van der Waals surface area contributed by atoms with Crippen LogP contribution in [0.2, 0.25) is 0 Å². The van der Waals surface area contributed by atoms with Crippen LogP contribution in [0.5, 0.6) is 0 Å². The zero-order valence-corrected chi connectivity index (χ0v) is 14.7. The third-order valence-electron chi connectivity index (χ3n) is 4.07. The summed E-state index contributed by atoms with van der Waals surface area (Å²) in [5.41, 5.74) is 1.36. The van der Waals surface area contributed by atoms with E-state index < -0.39 is 12.0 Å². The molecule has 6 nitrogen and oxygen atoms in total. The molecule has 1 atom stereocenters. The third-order valence-corrected chi connectivity index (χ3v) is 4.94. The monoisotopic (exact) mass is 358 g/mol. The fourth-order valence-corrected chi connectivity index (χ4v) is 3.71. The first-order valence-corrected chi connectivity index (χ1v) is 8.72. The number of carbonyl (C=O) groups is 1. The van der Waals surface area contributed by atoms with Crippen molar-refractivity contribution in [3.05, 3.63) is 51.9 Å². The lowest BCUT2D eigenvalue weighted by Crippen LogP contribution is -2.32. The molecule has 130 valence electrons. The van der Waals surface area contributed by atoms with E-state index in [1.807, 2.05) is 35.7 Å². The molecule has 0 saturated heterocycles. The average molecular weight is 358 g/mol. The highest BCUT2D eigenvalue weighted by Crippen LogP contribution is 2.31. The van der Waals surface area contributed by atoms with Crippen molar-refractivity contribution in [1.29, 1.82) is 0 Å². The number of carboxylic acid groups (broad SMARTS) is 1. The molecule has 1 N–H and O–H groups in total. The van der Waals surface area contributed by atoms with Crippen molar-refractivity contribution in [2.45, 2.75) is 19.4 Å². The lowest BCUT2D eigenvalue weighted by molar-refractivity contribution is -0.140. The third kappa shape index (κ3) is 3.20. The molecule has 0 bridgehead atoms. The number of ether oxygens (including phenoxy) is 1. The minimum atomic E-state index is -1.07. The van der Waals surface area contributed by atoms with Crippen LogP contribution in [0.25, 0.3) is 21.3 Å². The van der Waals surface area contributed by atoms with Gasteiger partial charge in [0.25, 0.3) is 5.56 Å². The van der Waals surface area contributed by atoms with Gasteiger partial charge in [-0.25, -0.2) is 9.78 Å². The molecule has 3 aromatic rings. The van der Waals surface area contributed by atoms with Crippen molar-refractivity contribution < 1.29 is 14.6 Å². The molecule has 7 heteroatoms. The topological polar surface area (TPSA) is 81.4 Å². The molecule has 0 saturated carbocycles. The van der Waals surface area contributed by atoms with Gasteiger partial charge in [-0.1, -0.05) is 30.3 Å². The van der Waals surface area contributed by atoms with Crippen molar-refractivity contribution in [1.82, 2.24) is 9.55 Å². The first-order chi connectivity index (χ1) is 12.0. The van der Waals surface area contributed by atoms with E-state index in [-0.39, 0.29) is 5.56 Å². The summed E-state index contributed by atoms with van der Waals surface area (Å²) in [7, 11) is 1.56. The Morgan fingerprint density at radius 3 is 2.72 bits per heavy atom. The van der Waals surface area contributed by atoms with Crippen molar-refractivity contribution >= 4 is 27.5 Å². The van der Waals surface area contributed by atoms with Gasteiger partial charge in [0.1, 0.15) is 16.7 Å². The normalized spacial score (nSPS) is 12.4. The van der Waals surface area contributed by atoms with Crippen LogP contribution in [0.4, 0.5) is 0 Å². The number of aromatic nitrogens is 2. The molecule has 0 fully saturated rings. The SMILES string of the molecule is COCCc1nc2scc(-c3ccccc3)c2c(=O)n1C(C)C(=O)O. The number of fused-ring (bicyclic) bond motifs is 1. The number of thiophene rings is 1. The molecule has 0 radical (unpaired) electrons. The Morgan fingerprint density at radius 2 is 2.08 bits per heavy atom. The standard InChI is InChI=1S/C18H18N2O4S/c1-11(18(22)23)20-14(8-9-24-2)19-16-15(17(20)21)13(10-25-16)12-6-4-3-5-7-12/h3-7,10-11H,8-9H2,1-2H3,(H,22,23). The molecule has 1 aromatic carbocycles. The smallest absolute Gasteiger partial charge is 0.326 e. The van der Waals surface area contributed by atoms with Crippen LogP contribution in [0.1, 0.15) is 18.8 Å². The van der Waals surface area contributed by atoms with E-state index in [0.29, 0.717) is 29.1 Å². The Balaban J connectivity index is 2.28. The number of benzene rings is 1. The van der Waals surface area contributed by atoms with E-state index in [2.05, 4.69) is 4.98 Å². The summed E-state index contributed by atoms with van der Waals surface area (Å²) in [6.07, 6.45) is 0.373. The molecule has 2 heterocycles. The number of aliphatic carboxylic acids is 1. The molecule has 0 aliphatic heterocycles. The zero-order chi connectivity index (χ0) is 18.0. The minimum absolute atomic E-state index is 0.328. The highest BCUT2D eigenvalue weighted by Gasteiger charge is 2.23. The van der Waals surface area contributed by atoms with Crippen molar-refractivity contribution in [3.63, 3.8) is 0 Å². The summed E-state index contributed by atoms with van der Waals surface area (Å²) in [6.45, 7) is 1.85. The fourth-order valence-electron chi connectivity index (χ4n) is 2.76. The Kier molecular flexibility index (Phi) is 4.96. The van der Waals surface area contributed by atoms with Gasteiger partial charge in [-0.05, 0) is 12.5 Å². The summed E-state index contributed by atoms with van der Waals surface area (Å²) in [5, 5.41) is 11.8. The molecule has 0 spiro atoms. The van der Waals surface area contributed by atoms with Crippen LogP contribution in [0, 0.1) is 0 Å². The van der Waals surface area contributed by atoms with Gasteiger partial charge >= 0.3 is 5.97 Å². The lowest BCUT2D eigenvalue weighted by Gasteiger charge is -2.16. The Hall–Kier alpha value is -2.51. The fraction of sp³-hybridized carbons (Fsp3) is 0.278. The van der Waals surface area contributed by atoms with Gasteiger partial charge < -0.3 is 9.84 Å². The molecular formula is C18H18N2O4S. The maximum absolute atomic E-state index is 13.1. The molecule has 2 aromatic heterocycles. The lowest BCUT2D eigenvalue weighted by atomic mass is 10.1. The van der Waals surface area contributed by atoms with Gasteiger partial charge in [-0.3, -0.25) is 9.36 Å². The van der Waals surface area contributed by atoms with Crippen LogP contribution in [0.3, 0.4) is 0 Å². The van der Waals surface area contributed by atoms with Crippen LogP contribution >= 0.6 is 11.3 Å². The van der Waals surface area contributed by atoms with Crippen LogP contribution in [-0.4, -0.2) is 34.3 Å². The quantitative estimate of drug-likeness (QED) is 0.733. The number of nitrogens with zero attached hydrogens (tertiary/aromatic N) is 2. The highest BCUT2D eigenvalue weighted by atomic mass is 32.1. The summed E-state index contributed by atoms with van der Waals surface area (Å²) in [6, 6.07) is 8.55. The van der Waals surface area contributed by atoms with E-state index in [4.69, 9.17) is 4.74 Å². The minimum Gasteiger partial charge on any atom is -0.480 e. The zero-order valence-electron chi connectivity index (χ0n) is 13.9. The van der Waals surface area contributed by atoms with Gasteiger partial charge in [-0.2, -0.15) is 0 Å². The molecule has 3 rings (SSSR count). The molecule has 0 amide bonds. The predicted octanol–water partition coefficient (Wildman–Crippen LogP) is 2.96. The Bertz CT molecular complexity index is 962. The van der Waals surface area contributed by atoms with Crippen molar-refractivity contribution in [2.75, 3.05) is 13.7 Å². The Morgan fingerprint density at radius 1 is 1.36 bits per heavy atom. The molecule has 25 heavy (non-hydrogen) atoms. The van der Waals surface area contributed by atoms with Crippen LogP contribution < -0.4 is 5.56 Å². The maximum Gasteiger partial charge on any atom is 0.326 e. The number of carboxylic acids is 1. The molecule has 0 aliphatic carbocycles. The number of methoxy groups -OCH3 is 1. The van der Waals surface area contributed by atoms with E-state index >= 15 is 0 Å². The number of hydrogen-bond donors (Lipinski definition) is 1. The summed E-state index contributed by atoms with van der Waals surface area (Å²) < 4.78 is 6.33. The number of rotatable bonds is 6.